The number of hydrogen-bond acceptors (Lipinski definition) is 6. The minimum atomic E-state index is -0.513. The Kier molecular flexibility index (Phi) is 4.31. The van der Waals surface area contributed by atoms with Crippen LogP contribution in [0.4, 0.5) is 0 Å². The summed E-state index contributed by atoms with van der Waals surface area (Å²) in [5.41, 5.74) is 1.10. The zero-order chi connectivity index (χ0) is 19.1. The fourth-order valence-corrected chi connectivity index (χ4v) is 3.38. The number of carbonyl (C=O) groups is 2. The van der Waals surface area contributed by atoms with E-state index in [9.17, 15) is 9.59 Å². The Labute approximate surface area is 159 Å². The Morgan fingerprint density at radius 3 is 2.89 bits per heavy atom. The van der Waals surface area contributed by atoms with Gasteiger partial charge in [-0.2, -0.15) is 5.10 Å². The molecule has 1 aliphatic heterocycles. The lowest BCUT2D eigenvalue weighted by molar-refractivity contribution is 0.0498. The Hall–Kier alpha value is -2.94. The highest BCUT2D eigenvalue weighted by molar-refractivity contribution is 6.30. The van der Waals surface area contributed by atoms with Crippen molar-refractivity contribution in [1.29, 1.82) is 0 Å². The molecule has 1 atom stereocenters. The lowest BCUT2D eigenvalue weighted by Crippen LogP contribution is -2.42. The molecule has 27 heavy (non-hydrogen) atoms. The third-order valence-electron chi connectivity index (χ3n) is 4.55. The number of nitrogens with zero attached hydrogens (tertiary/aromatic N) is 6. The first-order valence-corrected chi connectivity index (χ1v) is 8.93. The molecule has 0 fully saturated rings. The maximum atomic E-state index is 13.0. The van der Waals surface area contributed by atoms with Crippen molar-refractivity contribution in [2.75, 3.05) is 13.2 Å². The van der Waals surface area contributed by atoms with Crippen molar-refractivity contribution in [3.63, 3.8) is 0 Å². The summed E-state index contributed by atoms with van der Waals surface area (Å²) >= 11 is 5.97. The van der Waals surface area contributed by atoms with Crippen LogP contribution in [0.25, 0.3) is 5.52 Å². The number of carbonyl (C=O) groups excluding carboxylic acids is 2. The van der Waals surface area contributed by atoms with E-state index in [2.05, 4.69) is 15.3 Å². The molecule has 10 heteroatoms. The van der Waals surface area contributed by atoms with Gasteiger partial charge >= 0.3 is 5.97 Å². The SMILES string of the molecule is CCOC(=O)c1nnc2n1CCN(C(=O)c1cc3ccc(Cl)cn3n1)C2C. The summed E-state index contributed by atoms with van der Waals surface area (Å²) < 4.78 is 8.29. The van der Waals surface area contributed by atoms with E-state index in [0.717, 1.165) is 5.52 Å². The van der Waals surface area contributed by atoms with E-state index >= 15 is 0 Å². The van der Waals surface area contributed by atoms with Crippen LogP contribution < -0.4 is 0 Å². The number of halogens is 1. The van der Waals surface area contributed by atoms with Crippen LogP contribution in [-0.4, -0.2) is 54.3 Å². The smallest absolute Gasteiger partial charge is 0.376 e. The number of hydrogen-bond donors (Lipinski definition) is 0. The van der Waals surface area contributed by atoms with Gasteiger partial charge in [0, 0.05) is 19.3 Å². The van der Waals surface area contributed by atoms with Gasteiger partial charge in [-0.15, -0.1) is 10.2 Å². The fourth-order valence-electron chi connectivity index (χ4n) is 3.22. The van der Waals surface area contributed by atoms with Crippen molar-refractivity contribution in [2.24, 2.45) is 0 Å². The van der Waals surface area contributed by atoms with Gasteiger partial charge in [-0.1, -0.05) is 11.6 Å². The predicted octanol–water partition coefficient (Wildman–Crippen LogP) is 1.97. The van der Waals surface area contributed by atoms with Crippen molar-refractivity contribution in [3.05, 3.63) is 46.8 Å². The molecule has 3 aromatic heterocycles. The number of pyridine rings is 1. The van der Waals surface area contributed by atoms with Crippen LogP contribution >= 0.6 is 11.6 Å². The molecule has 4 rings (SSSR count). The lowest BCUT2D eigenvalue weighted by atomic mass is 10.2. The zero-order valence-corrected chi connectivity index (χ0v) is 15.5. The average Bonchev–Trinajstić information content (AvgIpc) is 3.25. The lowest BCUT2D eigenvalue weighted by Gasteiger charge is -2.33. The molecule has 0 aromatic carbocycles. The van der Waals surface area contributed by atoms with Crippen molar-refractivity contribution in [3.8, 4) is 0 Å². The Bertz CT molecular complexity index is 1040. The van der Waals surface area contributed by atoms with E-state index in [1.165, 1.54) is 0 Å². The van der Waals surface area contributed by atoms with Crippen LogP contribution in [0.2, 0.25) is 5.02 Å². The molecule has 0 aliphatic carbocycles. The van der Waals surface area contributed by atoms with E-state index in [1.54, 1.807) is 45.3 Å². The van der Waals surface area contributed by atoms with E-state index in [4.69, 9.17) is 16.3 Å². The van der Waals surface area contributed by atoms with Crippen molar-refractivity contribution in [1.82, 2.24) is 29.3 Å². The fraction of sp³-hybridized carbons (Fsp3) is 0.353. The quantitative estimate of drug-likeness (QED) is 0.637. The second-order valence-corrected chi connectivity index (χ2v) is 6.61. The highest BCUT2D eigenvalue weighted by atomic mass is 35.5. The standard InChI is InChI=1S/C17H17ClN6O3/c1-3-27-17(26)15-20-19-14-10(2)22(6-7-23(14)15)16(25)13-8-12-5-4-11(18)9-24(12)21-13/h4-5,8-10H,3,6-7H2,1-2H3. The molecule has 0 spiro atoms. The molecule has 3 aromatic rings. The van der Waals surface area contributed by atoms with Gasteiger partial charge < -0.3 is 14.2 Å². The zero-order valence-electron chi connectivity index (χ0n) is 14.8. The predicted molar refractivity (Wildman–Crippen MR) is 95.6 cm³/mol. The number of aromatic nitrogens is 5. The highest BCUT2D eigenvalue weighted by Crippen LogP contribution is 2.26. The number of ether oxygens (including phenoxy) is 1. The van der Waals surface area contributed by atoms with E-state index in [-0.39, 0.29) is 24.4 Å². The molecule has 1 aliphatic rings. The van der Waals surface area contributed by atoms with Crippen molar-refractivity contribution < 1.29 is 14.3 Å². The molecule has 140 valence electrons. The molecule has 0 N–H and O–H groups in total. The van der Waals surface area contributed by atoms with Gasteiger partial charge in [-0.3, -0.25) is 4.79 Å². The van der Waals surface area contributed by atoms with E-state index in [1.807, 2.05) is 6.92 Å². The Morgan fingerprint density at radius 1 is 1.30 bits per heavy atom. The molecule has 0 radical (unpaired) electrons. The minimum Gasteiger partial charge on any atom is -0.460 e. The molecule has 9 nitrogen and oxygen atoms in total. The Morgan fingerprint density at radius 2 is 2.11 bits per heavy atom. The van der Waals surface area contributed by atoms with Gasteiger partial charge in [0.15, 0.2) is 11.5 Å². The first-order chi connectivity index (χ1) is 13.0. The number of rotatable bonds is 3. The Balaban J connectivity index is 1.62. The number of amides is 1. The summed E-state index contributed by atoms with van der Waals surface area (Å²) in [7, 11) is 0. The number of fused-ring (bicyclic) bond motifs is 2. The second kappa shape index (κ2) is 6.66. The molecule has 1 amide bonds. The summed E-state index contributed by atoms with van der Waals surface area (Å²) in [6.45, 7) is 4.66. The molecule has 0 saturated carbocycles. The minimum absolute atomic E-state index is 0.160. The highest BCUT2D eigenvalue weighted by Gasteiger charge is 2.34. The summed E-state index contributed by atoms with van der Waals surface area (Å²) in [5, 5.41) is 12.9. The topological polar surface area (TPSA) is 94.6 Å². The average molecular weight is 389 g/mol. The van der Waals surface area contributed by atoms with E-state index in [0.29, 0.717) is 29.6 Å². The number of esters is 1. The van der Waals surface area contributed by atoms with Crippen LogP contribution in [0.3, 0.4) is 0 Å². The summed E-state index contributed by atoms with van der Waals surface area (Å²) in [4.78, 5) is 26.7. The van der Waals surface area contributed by atoms with Crippen LogP contribution in [0.15, 0.2) is 24.4 Å². The molecule has 1 unspecified atom stereocenters. The molecule has 0 saturated heterocycles. The maximum Gasteiger partial charge on any atom is 0.376 e. The van der Waals surface area contributed by atoms with E-state index < -0.39 is 5.97 Å². The van der Waals surface area contributed by atoms with Crippen LogP contribution in [0.1, 0.15) is 46.8 Å². The van der Waals surface area contributed by atoms with Crippen molar-refractivity contribution >= 4 is 29.0 Å². The molecular formula is C17H17ClN6O3. The summed E-state index contributed by atoms with van der Waals surface area (Å²) in [5.74, 6) is -0.0210. The van der Waals surface area contributed by atoms with Gasteiger partial charge in [0.2, 0.25) is 5.82 Å². The van der Waals surface area contributed by atoms with Crippen LogP contribution in [0.5, 0.6) is 0 Å². The van der Waals surface area contributed by atoms with Crippen molar-refractivity contribution in [2.45, 2.75) is 26.4 Å². The normalized spacial score (nSPS) is 16.4. The maximum absolute atomic E-state index is 13.0. The largest absolute Gasteiger partial charge is 0.460 e. The molecule has 4 heterocycles. The first-order valence-electron chi connectivity index (χ1n) is 8.55. The van der Waals surface area contributed by atoms with Gasteiger partial charge in [0.1, 0.15) is 0 Å². The third-order valence-corrected chi connectivity index (χ3v) is 4.77. The van der Waals surface area contributed by atoms with Gasteiger partial charge in [0.25, 0.3) is 5.91 Å². The summed E-state index contributed by atoms with van der Waals surface area (Å²) in [6, 6.07) is 4.91. The van der Waals surface area contributed by atoms with Gasteiger partial charge in [-0.05, 0) is 32.0 Å². The van der Waals surface area contributed by atoms with Gasteiger partial charge in [-0.25, -0.2) is 9.31 Å². The first kappa shape index (κ1) is 17.5. The van der Waals surface area contributed by atoms with Crippen LogP contribution in [-0.2, 0) is 11.3 Å². The van der Waals surface area contributed by atoms with Crippen LogP contribution in [0, 0.1) is 0 Å². The molecular weight excluding hydrogens is 372 g/mol. The monoisotopic (exact) mass is 388 g/mol. The third kappa shape index (κ3) is 2.93. The summed E-state index contributed by atoms with van der Waals surface area (Å²) in [6.07, 6.45) is 1.65. The second-order valence-electron chi connectivity index (χ2n) is 6.17. The van der Waals surface area contributed by atoms with Gasteiger partial charge in [0.05, 0.1) is 23.2 Å². The molecule has 0 bridgehead atoms.